The monoisotopic (exact) mass is 436 g/mol. The summed E-state index contributed by atoms with van der Waals surface area (Å²) in [5.41, 5.74) is 2.94. The van der Waals surface area contributed by atoms with Crippen LogP contribution in [-0.4, -0.2) is 22.4 Å². The molecule has 0 fully saturated rings. The molecule has 0 aliphatic rings. The number of methoxy groups -OCH3 is 1. The van der Waals surface area contributed by atoms with Crippen molar-refractivity contribution in [2.75, 3.05) is 7.11 Å². The lowest BCUT2D eigenvalue weighted by Gasteiger charge is -2.14. The highest BCUT2D eigenvalue weighted by Gasteiger charge is 2.19. The molecule has 0 atom stereocenters. The molecule has 1 heterocycles. The largest absolute Gasteiger partial charge is 0.508 e. The van der Waals surface area contributed by atoms with Gasteiger partial charge in [0.05, 0.1) is 12.7 Å². The maximum absolute atomic E-state index is 13.1. The Balaban J connectivity index is 2.04. The van der Waals surface area contributed by atoms with Crippen LogP contribution in [-0.2, 0) is 6.42 Å². The summed E-state index contributed by atoms with van der Waals surface area (Å²) in [5.74, 6) is -0.175. The molecule has 3 aromatic rings. The van der Waals surface area contributed by atoms with Crippen LogP contribution in [0.25, 0.3) is 22.1 Å². The van der Waals surface area contributed by atoms with Gasteiger partial charge in [-0.15, -0.1) is 0 Å². The van der Waals surface area contributed by atoms with Crippen LogP contribution in [0.2, 0.25) is 0 Å². The highest BCUT2D eigenvalue weighted by Crippen LogP contribution is 2.38. The van der Waals surface area contributed by atoms with Gasteiger partial charge < -0.3 is 24.5 Å². The van der Waals surface area contributed by atoms with E-state index in [4.69, 9.17) is 9.15 Å². The van der Waals surface area contributed by atoms with Crippen molar-refractivity contribution in [2.24, 2.45) is 0 Å². The first-order valence-corrected chi connectivity index (χ1v) is 10.4. The van der Waals surface area contributed by atoms with Crippen LogP contribution in [0.5, 0.6) is 23.0 Å². The van der Waals surface area contributed by atoms with E-state index in [1.165, 1.54) is 30.6 Å². The Morgan fingerprint density at radius 3 is 2.50 bits per heavy atom. The number of rotatable bonds is 7. The predicted octanol–water partition coefficient (Wildman–Crippen LogP) is 5.82. The van der Waals surface area contributed by atoms with Gasteiger partial charge in [0.2, 0.25) is 5.43 Å². The highest BCUT2D eigenvalue weighted by molar-refractivity contribution is 5.89. The lowest BCUT2D eigenvalue weighted by Crippen LogP contribution is -2.06. The zero-order valence-electron chi connectivity index (χ0n) is 18.7. The molecule has 0 aliphatic carbocycles. The first-order valence-electron chi connectivity index (χ1n) is 10.4. The molecule has 3 rings (SSSR count). The fourth-order valence-electron chi connectivity index (χ4n) is 3.59. The molecule has 0 radical (unpaired) electrons. The third-order valence-electron chi connectivity index (χ3n) is 5.34. The normalized spacial score (nSPS) is 11.6. The van der Waals surface area contributed by atoms with Gasteiger partial charge in [0.1, 0.15) is 40.2 Å². The van der Waals surface area contributed by atoms with E-state index in [-0.39, 0.29) is 33.6 Å². The number of aromatic hydroxyl groups is 3. The van der Waals surface area contributed by atoms with E-state index < -0.39 is 11.2 Å². The number of fused-ring (bicyclic) bond motifs is 1. The molecule has 0 bridgehead atoms. The molecule has 0 amide bonds. The van der Waals surface area contributed by atoms with E-state index in [0.29, 0.717) is 17.7 Å². The van der Waals surface area contributed by atoms with Crippen LogP contribution in [0.3, 0.4) is 0 Å². The van der Waals surface area contributed by atoms with Crippen molar-refractivity contribution in [2.45, 2.75) is 40.0 Å². The first kappa shape index (κ1) is 23.0. The number of benzene rings is 2. The lowest BCUT2D eigenvalue weighted by atomic mass is 9.98. The molecule has 168 valence electrons. The topological polar surface area (TPSA) is 100 Å². The van der Waals surface area contributed by atoms with Crippen LogP contribution in [0.15, 0.2) is 63.0 Å². The molecule has 6 nitrogen and oxygen atoms in total. The van der Waals surface area contributed by atoms with E-state index in [1.807, 2.05) is 13.0 Å². The Bertz CT molecular complexity index is 1260. The van der Waals surface area contributed by atoms with Gasteiger partial charge in [0, 0.05) is 23.3 Å². The van der Waals surface area contributed by atoms with Crippen LogP contribution >= 0.6 is 0 Å². The fourth-order valence-corrected chi connectivity index (χ4v) is 3.59. The van der Waals surface area contributed by atoms with Crippen LogP contribution in [0.4, 0.5) is 0 Å². The van der Waals surface area contributed by atoms with Crippen LogP contribution in [0, 0.1) is 0 Å². The number of phenolic OH excluding ortho intramolecular Hbond substituents is 3. The molecule has 0 saturated carbocycles. The van der Waals surface area contributed by atoms with E-state index in [2.05, 4.69) is 19.9 Å². The Morgan fingerprint density at radius 2 is 1.81 bits per heavy atom. The molecular formula is C26H28O6. The molecule has 6 heteroatoms. The summed E-state index contributed by atoms with van der Waals surface area (Å²) in [6.45, 7) is 6.18. The summed E-state index contributed by atoms with van der Waals surface area (Å²) in [7, 11) is 1.53. The summed E-state index contributed by atoms with van der Waals surface area (Å²) in [4.78, 5) is 13.1. The minimum atomic E-state index is -0.511. The SMILES string of the molecule is COc1ccc(-c2coc3cc(O)cc(O)c3c2=O)c(O)c1C/C=C(\C)CCC=C(C)C. The zero-order valence-corrected chi connectivity index (χ0v) is 18.7. The fraction of sp³-hybridized carbons (Fsp3) is 0.269. The third kappa shape index (κ3) is 4.80. The van der Waals surface area contributed by atoms with Gasteiger partial charge in [0.15, 0.2) is 0 Å². The van der Waals surface area contributed by atoms with E-state index in [1.54, 1.807) is 12.1 Å². The third-order valence-corrected chi connectivity index (χ3v) is 5.34. The second-order valence-corrected chi connectivity index (χ2v) is 8.03. The summed E-state index contributed by atoms with van der Waals surface area (Å²) < 4.78 is 10.9. The van der Waals surface area contributed by atoms with Gasteiger partial charge in [-0.25, -0.2) is 0 Å². The van der Waals surface area contributed by atoms with Crippen molar-refractivity contribution in [3.63, 3.8) is 0 Å². The van der Waals surface area contributed by atoms with Gasteiger partial charge >= 0.3 is 0 Å². The van der Waals surface area contributed by atoms with E-state index in [0.717, 1.165) is 18.9 Å². The maximum atomic E-state index is 13.1. The smallest absolute Gasteiger partial charge is 0.204 e. The summed E-state index contributed by atoms with van der Waals surface area (Å²) in [5, 5.41) is 30.7. The number of allylic oxidation sites excluding steroid dienone is 4. The first-order chi connectivity index (χ1) is 15.2. The second-order valence-electron chi connectivity index (χ2n) is 8.03. The Morgan fingerprint density at radius 1 is 1.06 bits per heavy atom. The van der Waals surface area contributed by atoms with Gasteiger partial charge in [-0.2, -0.15) is 0 Å². The molecule has 0 saturated heterocycles. The summed E-state index contributed by atoms with van der Waals surface area (Å²) in [6, 6.07) is 5.60. The van der Waals surface area contributed by atoms with Crippen molar-refractivity contribution in [3.8, 4) is 34.1 Å². The highest BCUT2D eigenvalue weighted by atomic mass is 16.5. The Kier molecular flexibility index (Phi) is 6.93. The molecule has 3 N–H and O–H groups in total. The molecule has 0 spiro atoms. The number of phenols is 3. The van der Waals surface area contributed by atoms with Crippen molar-refractivity contribution >= 4 is 11.0 Å². The van der Waals surface area contributed by atoms with Gasteiger partial charge in [0.25, 0.3) is 0 Å². The van der Waals surface area contributed by atoms with E-state index in [9.17, 15) is 20.1 Å². The summed E-state index contributed by atoms with van der Waals surface area (Å²) >= 11 is 0. The van der Waals surface area contributed by atoms with Crippen molar-refractivity contribution in [3.05, 3.63) is 69.6 Å². The number of ether oxygens (including phenoxy) is 1. The van der Waals surface area contributed by atoms with Crippen molar-refractivity contribution in [1.29, 1.82) is 0 Å². The average Bonchev–Trinajstić information content (AvgIpc) is 2.72. The maximum Gasteiger partial charge on any atom is 0.204 e. The average molecular weight is 437 g/mol. The Hall–Kier alpha value is -3.67. The van der Waals surface area contributed by atoms with Gasteiger partial charge in [-0.05, 0) is 52.2 Å². The van der Waals surface area contributed by atoms with Crippen LogP contribution in [0.1, 0.15) is 39.2 Å². The summed E-state index contributed by atoms with van der Waals surface area (Å²) in [6.07, 6.45) is 7.73. The standard InChI is InChI=1S/C26H28O6/c1-15(2)6-5-7-16(3)8-9-19-22(31-4)11-10-18(25(19)29)20-14-32-23-13-17(27)12-21(28)24(23)26(20)30/h6,8,10-14,27-29H,5,7,9H2,1-4H3/b16-8+. The van der Waals surface area contributed by atoms with Crippen molar-refractivity contribution < 1.29 is 24.5 Å². The lowest BCUT2D eigenvalue weighted by molar-refractivity contribution is 0.401. The number of hydrogen-bond acceptors (Lipinski definition) is 6. The molecule has 0 aliphatic heterocycles. The van der Waals surface area contributed by atoms with Gasteiger partial charge in [-0.1, -0.05) is 23.3 Å². The van der Waals surface area contributed by atoms with Crippen molar-refractivity contribution in [1.82, 2.24) is 0 Å². The van der Waals surface area contributed by atoms with E-state index >= 15 is 0 Å². The Labute approximate surface area is 186 Å². The second kappa shape index (κ2) is 9.64. The number of hydrogen-bond donors (Lipinski definition) is 3. The predicted molar refractivity (Wildman–Crippen MR) is 126 cm³/mol. The van der Waals surface area contributed by atoms with Crippen LogP contribution < -0.4 is 10.2 Å². The minimum Gasteiger partial charge on any atom is -0.508 e. The van der Waals surface area contributed by atoms with Gasteiger partial charge in [-0.3, -0.25) is 4.79 Å². The molecule has 32 heavy (non-hydrogen) atoms. The zero-order chi connectivity index (χ0) is 23.4. The molecule has 2 aromatic carbocycles. The molecule has 1 aromatic heterocycles. The minimum absolute atomic E-state index is 0.0550. The molecule has 0 unspecified atom stereocenters. The molecular weight excluding hydrogens is 408 g/mol. The quantitative estimate of drug-likeness (QED) is 0.404.